The Balaban J connectivity index is 1.86. The van der Waals surface area contributed by atoms with E-state index in [2.05, 4.69) is 14.9 Å². The molecule has 1 aliphatic heterocycles. The molecule has 0 aliphatic carbocycles. The Bertz CT molecular complexity index is 1050. The minimum atomic E-state index is -0.774. The predicted molar refractivity (Wildman–Crippen MR) is 109 cm³/mol. The summed E-state index contributed by atoms with van der Waals surface area (Å²) in [5.41, 5.74) is 12.8. The molecule has 1 aromatic carbocycles. The Labute approximate surface area is 170 Å². The highest BCUT2D eigenvalue weighted by Gasteiger charge is 2.26. The molecule has 4 N–H and O–H groups in total. The van der Waals surface area contributed by atoms with Crippen LogP contribution in [-0.4, -0.2) is 35.0 Å². The molecule has 29 heavy (non-hydrogen) atoms. The third kappa shape index (κ3) is 3.70. The zero-order valence-electron chi connectivity index (χ0n) is 15.4. The maximum atomic E-state index is 14.3. The Morgan fingerprint density at radius 1 is 1.24 bits per heavy atom. The molecule has 0 saturated carbocycles. The number of amides is 1. The summed E-state index contributed by atoms with van der Waals surface area (Å²) in [5.74, 6) is -2.28. The Hall–Kier alpha value is -2.91. The minimum Gasteiger partial charge on any atom is -0.369 e. The van der Waals surface area contributed by atoms with Crippen LogP contribution in [0.2, 0.25) is 0 Å². The summed E-state index contributed by atoms with van der Waals surface area (Å²) >= 11 is 1.01. The van der Waals surface area contributed by atoms with Crippen molar-refractivity contribution in [3.8, 4) is 21.0 Å². The summed E-state index contributed by atoms with van der Waals surface area (Å²) in [6.07, 6.45) is 5.15. The Morgan fingerprint density at radius 3 is 2.69 bits per heavy atom. The van der Waals surface area contributed by atoms with Gasteiger partial charge in [0.25, 0.3) is 5.91 Å². The fourth-order valence-electron chi connectivity index (χ4n) is 3.55. The molecule has 4 rings (SSSR count). The molecule has 1 atom stereocenters. The molecule has 9 heteroatoms. The van der Waals surface area contributed by atoms with Crippen LogP contribution in [0.1, 0.15) is 23.3 Å². The van der Waals surface area contributed by atoms with Crippen LogP contribution in [0.3, 0.4) is 0 Å². The SMILES string of the molecule is NC(=O)c1nc(-c2c(F)cccc2F)sc1-c1cnccc1N1CCC[C@H](N)C1. The minimum absolute atomic E-state index is 0.0387. The number of hydrogen-bond donors (Lipinski definition) is 2. The second-order valence-electron chi connectivity index (χ2n) is 6.90. The van der Waals surface area contributed by atoms with Crippen molar-refractivity contribution in [3.63, 3.8) is 0 Å². The molecule has 0 unspecified atom stereocenters. The highest BCUT2D eigenvalue weighted by Crippen LogP contribution is 2.41. The van der Waals surface area contributed by atoms with Crippen molar-refractivity contribution in [2.75, 3.05) is 18.0 Å². The lowest BCUT2D eigenvalue weighted by Gasteiger charge is -2.33. The Kier molecular flexibility index (Phi) is 5.25. The van der Waals surface area contributed by atoms with Gasteiger partial charge in [-0.25, -0.2) is 13.8 Å². The van der Waals surface area contributed by atoms with E-state index in [1.807, 2.05) is 6.07 Å². The number of carbonyl (C=O) groups excluding carboxylic acids is 1. The number of pyridine rings is 1. The maximum Gasteiger partial charge on any atom is 0.268 e. The van der Waals surface area contributed by atoms with E-state index in [1.54, 1.807) is 12.4 Å². The van der Waals surface area contributed by atoms with Gasteiger partial charge in [-0.2, -0.15) is 0 Å². The van der Waals surface area contributed by atoms with E-state index < -0.39 is 17.5 Å². The van der Waals surface area contributed by atoms with Gasteiger partial charge in [-0.1, -0.05) is 6.07 Å². The average molecular weight is 415 g/mol. The first-order valence-corrected chi connectivity index (χ1v) is 9.97. The number of rotatable bonds is 4. The van der Waals surface area contributed by atoms with E-state index in [4.69, 9.17) is 11.5 Å². The van der Waals surface area contributed by atoms with Crippen LogP contribution < -0.4 is 16.4 Å². The predicted octanol–water partition coefficient (Wildman–Crippen LogP) is 3.18. The van der Waals surface area contributed by atoms with Crippen molar-refractivity contribution in [1.82, 2.24) is 9.97 Å². The van der Waals surface area contributed by atoms with E-state index in [0.717, 1.165) is 48.5 Å². The number of nitrogens with two attached hydrogens (primary N) is 2. The van der Waals surface area contributed by atoms with E-state index in [9.17, 15) is 13.6 Å². The number of nitrogens with zero attached hydrogens (tertiary/aromatic N) is 3. The number of piperidine rings is 1. The molecule has 3 heterocycles. The van der Waals surface area contributed by atoms with Gasteiger partial charge in [-0.05, 0) is 31.0 Å². The van der Waals surface area contributed by atoms with Gasteiger partial charge in [0.15, 0.2) is 0 Å². The van der Waals surface area contributed by atoms with Crippen molar-refractivity contribution in [2.45, 2.75) is 18.9 Å². The molecule has 1 aliphatic rings. The molecule has 1 amide bonds. The maximum absolute atomic E-state index is 14.3. The fraction of sp³-hybridized carbons (Fsp3) is 0.250. The number of benzene rings is 1. The molecule has 1 fully saturated rings. The number of thiazole rings is 1. The summed E-state index contributed by atoms with van der Waals surface area (Å²) in [6, 6.07) is 5.45. The smallest absolute Gasteiger partial charge is 0.268 e. The lowest BCUT2D eigenvalue weighted by atomic mass is 10.0. The van der Waals surface area contributed by atoms with Crippen LogP contribution in [0.5, 0.6) is 0 Å². The molecular weight excluding hydrogens is 396 g/mol. The highest BCUT2D eigenvalue weighted by molar-refractivity contribution is 7.18. The van der Waals surface area contributed by atoms with Crippen LogP contribution in [0.15, 0.2) is 36.7 Å². The van der Waals surface area contributed by atoms with Crippen molar-refractivity contribution in [1.29, 1.82) is 0 Å². The van der Waals surface area contributed by atoms with Crippen molar-refractivity contribution in [2.24, 2.45) is 11.5 Å². The van der Waals surface area contributed by atoms with E-state index in [0.29, 0.717) is 17.0 Å². The Morgan fingerprint density at radius 2 is 2.00 bits per heavy atom. The molecular formula is C20H19F2N5OS. The van der Waals surface area contributed by atoms with Gasteiger partial charge in [0.1, 0.15) is 22.3 Å². The van der Waals surface area contributed by atoms with Gasteiger partial charge in [0.2, 0.25) is 0 Å². The third-order valence-corrected chi connectivity index (χ3v) is 5.98. The van der Waals surface area contributed by atoms with Crippen LogP contribution in [0, 0.1) is 11.6 Å². The summed E-state index contributed by atoms with van der Waals surface area (Å²) < 4.78 is 28.5. The van der Waals surface area contributed by atoms with Crippen LogP contribution >= 0.6 is 11.3 Å². The third-order valence-electron chi connectivity index (χ3n) is 4.88. The van der Waals surface area contributed by atoms with E-state index in [1.165, 1.54) is 6.07 Å². The molecule has 3 aromatic rings. The first-order valence-electron chi connectivity index (χ1n) is 9.15. The second kappa shape index (κ2) is 7.84. The monoisotopic (exact) mass is 415 g/mol. The quantitative estimate of drug-likeness (QED) is 0.682. The van der Waals surface area contributed by atoms with E-state index >= 15 is 0 Å². The standard InChI is InChI=1S/C20H19F2N5OS/c21-13-4-1-5-14(22)16(13)20-26-17(19(24)28)18(29-20)12-9-25-7-6-15(12)27-8-2-3-11(23)10-27/h1,4-7,9,11H,2-3,8,10,23H2,(H2,24,28)/t11-/m0/s1. The second-order valence-corrected chi connectivity index (χ2v) is 7.90. The van der Waals surface area contributed by atoms with Gasteiger partial charge in [0.05, 0.1) is 10.4 Å². The van der Waals surface area contributed by atoms with Gasteiger partial charge in [-0.15, -0.1) is 11.3 Å². The van der Waals surface area contributed by atoms with Crippen LogP contribution in [0.4, 0.5) is 14.5 Å². The largest absolute Gasteiger partial charge is 0.369 e. The van der Waals surface area contributed by atoms with Gasteiger partial charge >= 0.3 is 0 Å². The fourth-order valence-corrected chi connectivity index (χ4v) is 4.68. The molecule has 0 spiro atoms. The number of anilines is 1. The summed E-state index contributed by atoms with van der Waals surface area (Å²) in [4.78, 5) is 23.0. The molecule has 150 valence electrons. The number of hydrogen-bond acceptors (Lipinski definition) is 6. The zero-order valence-corrected chi connectivity index (χ0v) is 16.3. The van der Waals surface area contributed by atoms with Crippen molar-refractivity contribution >= 4 is 22.9 Å². The van der Waals surface area contributed by atoms with Gasteiger partial charge < -0.3 is 16.4 Å². The van der Waals surface area contributed by atoms with Crippen LogP contribution in [-0.2, 0) is 0 Å². The summed E-state index contributed by atoms with van der Waals surface area (Å²) in [7, 11) is 0. The summed E-state index contributed by atoms with van der Waals surface area (Å²) in [6.45, 7) is 1.47. The van der Waals surface area contributed by atoms with Crippen molar-refractivity contribution < 1.29 is 13.6 Å². The van der Waals surface area contributed by atoms with Gasteiger partial charge in [0, 0.05) is 42.8 Å². The average Bonchev–Trinajstić information content (AvgIpc) is 3.13. The normalized spacial score (nSPS) is 16.8. The highest BCUT2D eigenvalue weighted by atomic mass is 32.1. The number of aromatic nitrogens is 2. The topological polar surface area (TPSA) is 98.1 Å². The summed E-state index contributed by atoms with van der Waals surface area (Å²) in [5, 5.41) is 0.0505. The first-order chi connectivity index (χ1) is 14.0. The number of primary amides is 1. The molecule has 2 aromatic heterocycles. The number of carbonyl (C=O) groups is 1. The van der Waals surface area contributed by atoms with Crippen LogP contribution in [0.25, 0.3) is 21.0 Å². The van der Waals surface area contributed by atoms with Gasteiger partial charge in [-0.3, -0.25) is 9.78 Å². The molecule has 0 bridgehead atoms. The number of halogens is 2. The molecule has 1 saturated heterocycles. The lowest BCUT2D eigenvalue weighted by Crippen LogP contribution is -2.43. The van der Waals surface area contributed by atoms with E-state index in [-0.39, 0.29) is 22.3 Å². The first kappa shape index (κ1) is 19.4. The van der Waals surface area contributed by atoms with Crippen molar-refractivity contribution in [3.05, 3.63) is 54.0 Å². The molecule has 6 nitrogen and oxygen atoms in total. The lowest BCUT2D eigenvalue weighted by molar-refractivity contribution is 0.0997. The molecule has 0 radical (unpaired) electrons. The zero-order chi connectivity index (χ0) is 20.5.